The minimum Gasteiger partial charge on any atom is -0.389 e. The van der Waals surface area contributed by atoms with Gasteiger partial charge in [0.05, 0.1) is 18.8 Å². The monoisotopic (exact) mass is 408 g/mol. The molecule has 0 amide bonds. The Labute approximate surface area is 179 Å². The number of nitrogens with zero attached hydrogens (tertiary/aromatic N) is 2. The van der Waals surface area contributed by atoms with Crippen molar-refractivity contribution in [3.63, 3.8) is 0 Å². The topological polar surface area (TPSA) is 53.0 Å². The van der Waals surface area contributed by atoms with Gasteiger partial charge in [0.2, 0.25) is 0 Å². The van der Waals surface area contributed by atoms with E-state index in [1.54, 1.807) is 6.92 Å². The molecule has 5 nitrogen and oxygen atoms in total. The number of rotatable bonds is 7. The van der Waals surface area contributed by atoms with Crippen molar-refractivity contribution in [3.05, 3.63) is 65.2 Å². The van der Waals surface area contributed by atoms with Gasteiger partial charge in [-0.3, -0.25) is 9.69 Å². The van der Waals surface area contributed by atoms with E-state index in [4.69, 9.17) is 4.74 Å². The second kappa shape index (κ2) is 9.73. The molecular weight excluding hydrogens is 376 g/mol. The average Bonchev–Trinajstić information content (AvgIpc) is 2.78. The molecule has 0 aromatic heterocycles. The normalized spacial score (nSPS) is 20.6. The summed E-state index contributed by atoms with van der Waals surface area (Å²) in [6.07, 6.45) is 2.94. The predicted octanol–water partition coefficient (Wildman–Crippen LogP) is 3.47. The lowest BCUT2D eigenvalue weighted by molar-refractivity contribution is -0.0285. The zero-order valence-corrected chi connectivity index (χ0v) is 17.8. The molecule has 0 bridgehead atoms. The van der Waals surface area contributed by atoms with E-state index < -0.39 is 6.10 Å². The number of anilines is 1. The molecule has 160 valence electrons. The van der Waals surface area contributed by atoms with Gasteiger partial charge in [0.15, 0.2) is 5.78 Å². The molecular formula is C25H32N2O3. The molecule has 5 heteroatoms. The maximum atomic E-state index is 11.4. The number of ether oxygens (including phenoxy) is 1. The number of benzene rings is 2. The van der Waals surface area contributed by atoms with Crippen molar-refractivity contribution in [2.75, 3.05) is 44.2 Å². The van der Waals surface area contributed by atoms with E-state index in [1.165, 1.54) is 11.1 Å². The predicted molar refractivity (Wildman–Crippen MR) is 119 cm³/mol. The zero-order chi connectivity index (χ0) is 20.9. The fourth-order valence-corrected chi connectivity index (χ4v) is 4.56. The van der Waals surface area contributed by atoms with Crippen molar-refractivity contribution in [2.45, 2.75) is 38.4 Å². The van der Waals surface area contributed by atoms with Gasteiger partial charge in [-0.2, -0.15) is 0 Å². The Morgan fingerprint density at radius 1 is 1.10 bits per heavy atom. The van der Waals surface area contributed by atoms with Gasteiger partial charge in [0.25, 0.3) is 0 Å². The number of fused-ring (bicyclic) bond motifs is 1. The number of hydrogen-bond donors (Lipinski definition) is 1. The van der Waals surface area contributed by atoms with Crippen LogP contribution in [0.25, 0.3) is 0 Å². The van der Waals surface area contributed by atoms with Crippen LogP contribution in [0.1, 0.15) is 47.4 Å². The summed E-state index contributed by atoms with van der Waals surface area (Å²) in [6, 6.07) is 16.4. The van der Waals surface area contributed by atoms with Gasteiger partial charge in [-0.1, -0.05) is 24.3 Å². The van der Waals surface area contributed by atoms with Crippen LogP contribution in [-0.2, 0) is 11.2 Å². The third-order valence-electron chi connectivity index (χ3n) is 6.28. The molecule has 2 aliphatic rings. The molecule has 2 aromatic rings. The van der Waals surface area contributed by atoms with E-state index in [9.17, 15) is 9.90 Å². The molecule has 1 aliphatic heterocycles. The minimum absolute atomic E-state index is 0.0966. The lowest BCUT2D eigenvalue weighted by atomic mass is 9.89. The smallest absolute Gasteiger partial charge is 0.159 e. The highest BCUT2D eigenvalue weighted by molar-refractivity contribution is 5.94. The highest BCUT2D eigenvalue weighted by atomic mass is 16.5. The number of aliphatic hydroxyl groups excluding tert-OH is 1. The number of β-amino-alcohol motifs (C(OH)–C–C–N with tert-alkyl or cyclic N) is 1. The van der Waals surface area contributed by atoms with E-state index in [0.717, 1.165) is 56.7 Å². The third kappa shape index (κ3) is 5.09. The van der Waals surface area contributed by atoms with Crippen molar-refractivity contribution in [2.24, 2.45) is 0 Å². The van der Waals surface area contributed by atoms with Crippen LogP contribution in [-0.4, -0.2) is 61.2 Å². The van der Waals surface area contributed by atoms with Crippen molar-refractivity contribution < 1.29 is 14.6 Å². The number of carbonyl (C=O) groups is 1. The molecule has 2 aromatic carbocycles. The van der Waals surface area contributed by atoms with Gasteiger partial charge in [0, 0.05) is 44.0 Å². The number of Topliss-reactive ketones (excluding diaryl/α,β-unsaturated/α-hetero) is 1. The first-order valence-corrected chi connectivity index (χ1v) is 11.1. The summed E-state index contributed by atoms with van der Waals surface area (Å²) in [5.41, 5.74) is 4.58. The first kappa shape index (κ1) is 21.0. The third-order valence-corrected chi connectivity index (χ3v) is 6.28. The molecule has 1 fully saturated rings. The maximum Gasteiger partial charge on any atom is 0.159 e. The van der Waals surface area contributed by atoms with Crippen LogP contribution in [0.3, 0.4) is 0 Å². The standard InChI is InChI=1S/C25H32N2O3/c1-19(28)20-9-11-22(12-10-20)27-15-13-26(14-16-27)17-23(29)18-30-25-8-4-6-21-5-2-3-7-24(21)25/h2-3,5,7,9-12,23,25,29H,4,6,8,13-18H2,1H3/t23-,25-/m1/s1. The fourth-order valence-electron chi connectivity index (χ4n) is 4.56. The first-order valence-electron chi connectivity index (χ1n) is 11.1. The Morgan fingerprint density at radius 2 is 1.83 bits per heavy atom. The molecule has 0 radical (unpaired) electrons. The van der Waals surface area contributed by atoms with E-state index in [2.05, 4.69) is 34.1 Å². The van der Waals surface area contributed by atoms with E-state index in [1.807, 2.05) is 24.3 Å². The van der Waals surface area contributed by atoms with Crippen molar-refractivity contribution in [1.29, 1.82) is 0 Å². The molecule has 0 spiro atoms. The summed E-state index contributed by atoms with van der Waals surface area (Å²) in [4.78, 5) is 16.1. The number of piperazine rings is 1. The van der Waals surface area contributed by atoms with Gasteiger partial charge < -0.3 is 14.7 Å². The van der Waals surface area contributed by atoms with Crippen LogP contribution in [0.5, 0.6) is 0 Å². The van der Waals surface area contributed by atoms with Crippen molar-refractivity contribution in [3.8, 4) is 0 Å². The number of carbonyl (C=O) groups excluding carboxylic acids is 1. The Hall–Kier alpha value is -2.21. The molecule has 0 unspecified atom stereocenters. The lowest BCUT2D eigenvalue weighted by Gasteiger charge is -2.37. The SMILES string of the molecule is CC(=O)c1ccc(N2CCN(C[C@@H](O)CO[C@@H]3CCCc4ccccc43)CC2)cc1. The second-order valence-corrected chi connectivity index (χ2v) is 8.46. The Morgan fingerprint density at radius 3 is 2.57 bits per heavy atom. The number of aliphatic hydroxyl groups is 1. The molecule has 30 heavy (non-hydrogen) atoms. The lowest BCUT2D eigenvalue weighted by Crippen LogP contribution is -2.49. The average molecular weight is 409 g/mol. The molecule has 4 rings (SSSR count). The first-order chi connectivity index (χ1) is 14.6. The molecule has 1 saturated heterocycles. The van der Waals surface area contributed by atoms with Crippen LogP contribution >= 0.6 is 0 Å². The second-order valence-electron chi connectivity index (χ2n) is 8.46. The summed E-state index contributed by atoms with van der Waals surface area (Å²) in [5.74, 6) is 0.0966. The highest BCUT2D eigenvalue weighted by Crippen LogP contribution is 2.32. The summed E-state index contributed by atoms with van der Waals surface area (Å²) < 4.78 is 6.12. The van der Waals surface area contributed by atoms with Gasteiger partial charge in [-0.15, -0.1) is 0 Å². The molecule has 1 heterocycles. The van der Waals surface area contributed by atoms with Crippen LogP contribution in [0, 0.1) is 0 Å². The summed E-state index contributed by atoms with van der Waals surface area (Å²) in [7, 11) is 0. The minimum atomic E-state index is -0.472. The van der Waals surface area contributed by atoms with Gasteiger partial charge >= 0.3 is 0 Å². The highest BCUT2D eigenvalue weighted by Gasteiger charge is 2.23. The molecule has 0 saturated carbocycles. The van der Waals surface area contributed by atoms with Crippen LogP contribution in [0.15, 0.2) is 48.5 Å². The maximum absolute atomic E-state index is 11.4. The van der Waals surface area contributed by atoms with Gasteiger partial charge in [-0.05, 0) is 61.6 Å². The summed E-state index contributed by atoms with van der Waals surface area (Å²) in [6.45, 7) is 6.29. The number of ketones is 1. The van der Waals surface area contributed by atoms with E-state index >= 15 is 0 Å². The van der Waals surface area contributed by atoms with E-state index in [0.29, 0.717) is 13.2 Å². The molecule has 1 aliphatic carbocycles. The number of aryl methyl sites for hydroxylation is 1. The Bertz CT molecular complexity index is 844. The van der Waals surface area contributed by atoms with Crippen LogP contribution in [0.2, 0.25) is 0 Å². The van der Waals surface area contributed by atoms with Crippen LogP contribution in [0.4, 0.5) is 5.69 Å². The quantitative estimate of drug-likeness (QED) is 0.711. The summed E-state index contributed by atoms with van der Waals surface area (Å²) in [5, 5.41) is 10.5. The Balaban J connectivity index is 1.22. The number of hydrogen-bond acceptors (Lipinski definition) is 5. The largest absolute Gasteiger partial charge is 0.389 e. The van der Waals surface area contributed by atoms with E-state index in [-0.39, 0.29) is 11.9 Å². The Kier molecular flexibility index (Phi) is 6.82. The van der Waals surface area contributed by atoms with Gasteiger partial charge in [0.1, 0.15) is 0 Å². The molecule has 1 N–H and O–H groups in total. The van der Waals surface area contributed by atoms with Crippen LogP contribution < -0.4 is 4.90 Å². The van der Waals surface area contributed by atoms with Gasteiger partial charge in [-0.25, -0.2) is 0 Å². The summed E-state index contributed by atoms with van der Waals surface area (Å²) >= 11 is 0. The fraction of sp³-hybridized carbons (Fsp3) is 0.480. The van der Waals surface area contributed by atoms with Crippen molar-refractivity contribution in [1.82, 2.24) is 4.90 Å². The zero-order valence-electron chi connectivity index (χ0n) is 17.8. The molecule has 2 atom stereocenters. The van der Waals surface area contributed by atoms with Crippen molar-refractivity contribution >= 4 is 11.5 Å².